The van der Waals surface area contributed by atoms with E-state index in [0.29, 0.717) is 17.5 Å². The molecule has 0 aliphatic rings. The lowest BCUT2D eigenvalue weighted by molar-refractivity contribution is 0.968. The Morgan fingerprint density at radius 1 is 1.10 bits per heavy atom. The molecule has 7 heteroatoms. The molecule has 0 saturated carbocycles. The van der Waals surface area contributed by atoms with Gasteiger partial charge >= 0.3 is 0 Å². The van der Waals surface area contributed by atoms with Gasteiger partial charge in [0, 0.05) is 29.7 Å². The van der Waals surface area contributed by atoms with E-state index in [4.69, 9.17) is 0 Å². The summed E-state index contributed by atoms with van der Waals surface area (Å²) in [7, 11) is 2.01. The number of fused-ring (bicyclic) bond motifs is 1. The van der Waals surface area contributed by atoms with Crippen LogP contribution in [0.1, 0.15) is 0 Å². The maximum absolute atomic E-state index is 4.47. The second kappa shape index (κ2) is 4.02. The molecule has 4 aromatic rings. The highest BCUT2D eigenvalue weighted by Crippen LogP contribution is 2.28. The molecule has 0 fully saturated rings. The summed E-state index contributed by atoms with van der Waals surface area (Å²) in [4.78, 5) is 8.53. The molecule has 0 unspecified atom stereocenters. The van der Waals surface area contributed by atoms with E-state index in [1.807, 2.05) is 25.4 Å². The summed E-state index contributed by atoms with van der Waals surface area (Å²) in [6, 6.07) is 8.16. The Morgan fingerprint density at radius 3 is 2.85 bits per heavy atom. The molecule has 0 bridgehead atoms. The van der Waals surface area contributed by atoms with Gasteiger partial charge in [-0.2, -0.15) is 10.2 Å². The quantitative estimate of drug-likeness (QED) is 0.578. The number of H-pyrrole nitrogens is 2. The summed E-state index contributed by atoms with van der Waals surface area (Å²) in [6.45, 7) is 0. The van der Waals surface area contributed by atoms with Crippen LogP contribution in [0.25, 0.3) is 33.9 Å². The van der Waals surface area contributed by atoms with Crippen molar-refractivity contribution in [2.45, 2.75) is 0 Å². The van der Waals surface area contributed by atoms with Crippen LogP contribution in [-0.2, 0) is 7.05 Å². The molecule has 0 aliphatic heterocycles. The minimum atomic E-state index is 0.573. The number of benzene rings is 1. The molecule has 0 amide bonds. The molecule has 1 aromatic carbocycles. The number of para-hydroxylation sites is 1. The normalized spacial score (nSPS) is 11.2. The van der Waals surface area contributed by atoms with Gasteiger partial charge in [-0.1, -0.05) is 18.2 Å². The number of nitrogens with one attached hydrogen (secondary N) is 2. The van der Waals surface area contributed by atoms with Crippen LogP contribution < -0.4 is 0 Å². The number of aryl methyl sites for hydroxylation is 1. The van der Waals surface area contributed by atoms with Gasteiger partial charge in [0.05, 0.1) is 0 Å². The van der Waals surface area contributed by atoms with Crippen LogP contribution in [0.4, 0.5) is 0 Å². The van der Waals surface area contributed by atoms with Crippen LogP contribution >= 0.6 is 0 Å². The summed E-state index contributed by atoms with van der Waals surface area (Å²) in [5.41, 5.74) is 2.14. The van der Waals surface area contributed by atoms with Crippen LogP contribution in [0.15, 0.2) is 36.8 Å². The van der Waals surface area contributed by atoms with Crippen molar-refractivity contribution in [2.24, 2.45) is 7.05 Å². The lowest BCUT2D eigenvalue weighted by Crippen LogP contribution is -1.83. The summed E-state index contributed by atoms with van der Waals surface area (Å²) >= 11 is 0. The fourth-order valence-corrected chi connectivity index (χ4v) is 2.33. The molecule has 0 spiro atoms. The second-order valence-corrected chi connectivity index (χ2v) is 4.51. The highest BCUT2D eigenvalue weighted by molar-refractivity contribution is 5.94. The molecule has 7 nitrogen and oxygen atoms in total. The third-order valence-electron chi connectivity index (χ3n) is 3.26. The van der Waals surface area contributed by atoms with Gasteiger partial charge in [-0.15, -0.1) is 0 Å². The van der Waals surface area contributed by atoms with Gasteiger partial charge in [-0.3, -0.25) is 10.2 Å². The average Bonchev–Trinajstić information content (AvgIpc) is 3.17. The minimum absolute atomic E-state index is 0.573. The van der Waals surface area contributed by atoms with Crippen molar-refractivity contribution in [3.63, 3.8) is 0 Å². The third kappa shape index (κ3) is 1.53. The smallest absolute Gasteiger partial charge is 0.193 e. The van der Waals surface area contributed by atoms with Crippen LogP contribution in [0.2, 0.25) is 0 Å². The fraction of sp³-hybridized carbons (Fsp3) is 0.0769. The van der Waals surface area contributed by atoms with Gasteiger partial charge in [0.1, 0.15) is 6.33 Å². The number of hydrogen-bond acceptors (Lipinski definition) is 4. The Kier molecular flexibility index (Phi) is 2.19. The Morgan fingerprint density at radius 2 is 2.00 bits per heavy atom. The van der Waals surface area contributed by atoms with Crippen molar-refractivity contribution in [3.05, 3.63) is 36.8 Å². The predicted molar refractivity (Wildman–Crippen MR) is 73.7 cm³/mol. The first kappa shape index (κ1) is 10.9. The number of aromatic amines is 2. The van der Waals surface area contributed by atoms with Crippen molar-refractivity contribution in [1.29, 1.82) is 0 Å². The Bertz CT molecular complexity index is 869. The highest BCUT2D eigenvalue weighted by Gasteiger charge is 2.14. The van der Waals surface area contributed by atoms with Gasteiger partial charge in [0.2, 0.25) is 0 Å². The zero-order chi connectivity index (χ0) is 13.5. The van der Waals surface area contributed by atoms with Gasteiger partial charge < -0.3 is 4.57 Å². The minimum Gasteiger partial charge on any atom is -0.350 e. The van der Waals surface area contributed by atoms with E-state index < -0.39 is 0 Å². The number of hydrogen-bond donors (Lipinski definition) is 2. The molecule has 2 N–H and O–H groups in total. The summed E-state index contributed by atoms with van der Waals surface area (Å²) in [6.07, 6.45) is 3.47. The summed E-state index contributed by atoms with van der Waals surface area (Å²) in [5.74, 6) is 1.79. The van der Waals surface area contributed by atoms with Gasteiger partial charge in [-0.05, 0) is 6.07 Å². The molecule has 98 valence electrons. The second-order valence-electron chi connectivity index (χ2n) is 4.51. The van der Waals surface area contributed by atoms with Crippen molar-refractivity contribution in [3.8, 4) is 23.0 Å². The molecular formula is C13H11N7. The van der Waals surface area contributed by atoms with Crippen molar-refractivity contribution < 1.29 is 0 Å². The molecule has 0 atom stereocenters. The van der Waals surface area contributed by atoms with E-state index in [2.05, 4.69) is 47.1 Å². The molecular weight excluding hydrogens is 254 g/mol. The van der Waals surface area contributed by atoms with Crippen molar-refractivity contribution >= 4 is 10.9 Å². The van der Waals surface area contributed by atoms with E-state index in [0.717, 1.165) is 16.5 Å². The highest BCUT2D eigenvalue weighted by atomic mass is 15.3. The molecule has 4 rings (SSSR count). The van der Waals surface area contributed by atoms with Crippen LogP contribution in [0.5, 0.6) is 0 Å². The Balaban J connectivity index is 1.88. The molecule has 20 heavy (non-hydrogen) atoms. The largest absolute Gasteiger partial charge is 0.350 e. The SMILES string of the molecule is Cn1cc(-c2n[nH]c(-c3ncn[nH]3)n2)c2ccccc21. The maximum Gasteiger partial charge on any atom is 0.193 e. The zero-order valence-corrected chi connectivity index (χ0v) is 10.7. The Labute approximate surface area is 113 Å². The van der Waals surface area contributed by atoms with E-state index >= 15 is 0 Å². The molecule has 0 radical (unpaired) electrons. The van der Waals surface area contributed by atoms with E-state index in [1.165, 1.54) is 6.33 Å². The van der Waals surface area contributed by atoms with Crippen LogP contribution in [0, 0.1) is 0 Å². The first-order valence-corrected chi connectivity index (χ1v) is 6.15. The topological polar surface area (TPSA) is 88.1 Å². The molecule has 0 saturated heterocycles. The number of rotatable bonds is 2. The fourth-order valence-electron chi connectivity index (χ4n) is 2.33. The Hall–Kier alpha value is -2.96. The van der Waals surface area contributed by atoms with Crippen LogP contribution in [0.3, 0.4) is 0 Å². The summed E-state index contributed by atoms with van der Waals surface area (Å²) < 4.78 is 2.06. The lowest BCUT2D eigenvalue weighted by atomic mass is 10.2. The van der Waals surface area contributed by atoms with Gasteiger partial charge in [0.25, 0.3) is 0 Å². The molecule has 3 aromatic heterocycles. The van der Waals surface area contributed by atoms with E-state index in [-0.39, 0.29) is 0 Å². The van der Waals surface area contributed by atoms with Gasteiger partial charge in [-0.25, -0.2) is 9.97 Å². The first-order valence-electron chi connectivity index (χ1n) is 6.15. The zero-order valence-electron chi connectivity index (χ0n) is 10.7. The lowest BCUT2D eigenvalue weighted by Gasteiger charge is -1.93. The molecule has 0 aliphatic carbocycles. The average molecular weight is 265 g/mol. The van der Waals surface area contributed by atoms with Crippen molar-refractivity contribution in [1.82, 2.24) is 34.9 Å². The molecule has 3 heterocycles. The predicted octanol–water partition coefficient (Wildman–Crippen LogP) is 1.75. The first-order chi connectivity index (χ1) is 9.83. The maximum atomic E-state index is 4.47. The van der Waals surface area contributed by atoms with Crippen molar-refractivity contribution in [2.75, 3.05) is 0 Å². The van der Waals surface area contributed by atoms with E-state index in [9.17, 15) is 0 Å². The van der Waals surface area contributed by atoms with Crippen LogP contribution in [-0.4, -0.2) is 34.9 Å². The number of aromatic nitrogens is 7. The van der Waals surface area contributed by atoms with Gasteiger partial charge in [0.15, 0.2) is 17.5 Å². The number of nitrogens with zero attached hydrogens (tertiary/aromatic N) is 5. The third-order valence-corrected chi connectivity index (χ3v) is 3.26. The standard InChI is InChI=1S/C13H11N7/c1-20-6-9(8-4-2-3-5-10(8)20)11-16-13(19-18-11)12-14-7-15-17-12/h2-7H,1H3,(H,14,15,17)(H,16,18,19). The van der Waals surface area contributed by atoms with E-state index in [1.54, 1.807) is 0 Å². The monoisotopic (exact) mass is 265 g/mol. The summed E-state index contributed by atoms with van der Waals surface area (Å²) in [5, 5.41) is 14.8.